The number of ether oxygens (including phenoxy) is 2. The third-order valence-electron chi connectivity index (χ3n) is 6.11. The summed E-state index contributed by atoms with van der Waals surface area (Å²) in [5.74, 6) is -1.78. The summed E-state index contributed by atoms with van der Waals surface area (Å²) in [5, 5.41) is 5.72. The van der Waals surface area contributed by atoms with Crippen LogP contribution >= 0.6 is 0 Å². The number of hydrogen-bond donors (Lipinski definition) is 2. The number of hydrogen-bond acceptors (Lipinski definition) is 10. The first kappa shape index (κ1) is 29.7. The minimum absolute atomic E-state index is 0.0470. The molecule has 2 amide bonds. The molecule has 2 aromatic rings. The van der Waals surface area contributed by atoms with Crippen molar-refractivity contribution in [2.75, 3.05) is 46.4 Å². The van der Waals surface area contributed by atoms with Gasteiger partial charge >= 0.3 is 18.0 Å². The van der Waals surface area contributed by atoms with Gasteiger partial charge in [0, 0.05) is 44.7 Å². The second-order valence-corrected chi connectivity index (χ2v) is 9.06. The molecule has 1 aromatic heterocycles. The lowest BCUT2D eigenvalue weighted by Crippen LogP contribution is -2.49. The van der Waals surface area contributed by atoms with Crippen LogP contribution in [-0.2, 0) is 25.6 Å². The minimum Gasteiger partial charge on any atom is -0.466 e. The van der Waals surface area contributed by atoms with E-state index in [1.165, 1.54) is 4.90 Å². The highest BCUT2D eigenvalue weighted by Gasteiger charge is 2.29. The predicted octanol–water partition coefficient (Wildman–Crippen LogP) is 1.61. The van der Waals surface area contributed by atoms with Gasteiger partial charge in [-0.25, -0.2) is 19.6 Å². The lowest BCUT2D eigenvalue weighted by molar-refractivity contribution is -0.144. The van der Waals surface area contributed by atoms with Crippen LogP contribution in [-0.4, -0.2) is 96.1 Å². The van der Waals surface area contributed by atoms with Gasteiger partial charge in [-0.1, -0.05) is 37.3 Å². The number of nitrogens with one attached hydrogen (secondary N) is 2. The van der Waals surface area contributed by atoms with Crippen LogP contribution in [0.2, 0.25) is 0 Å². The second kappa shape index (κ2) is 14.9. The van der Waals surface area contributed by atoms with Crippen molar-refractivity contribution in [3.63, 3.8) is 0 Å². The SMILES string of the molecule is CCOC(=O)CCC(NC(=O)c1cc(CN(C)CC)nc(-c2ccccc2)n1)C(=O)OC(=O)N1CCNCC1. The average molecular weight is 541 g/mol. The van der Waals surface area contributed by atoms with Crippen LogP contribution in [0.15, 0.2) is 36.4 Å². The summed E-state index contributed by atoms with van der Waals surface area (Å²) in [6.07, 6.45) is -1.06. The van der Waals surface area contributed by atoms with Crippen molar-refractivity contribution in [1.29, 1.82) is 0 Å². The van der Waals surface area contributed by atoms with Gasteiger partial charge in [0.15, 0.2) is 5.82 Å². The molecule has 210 valence electrons. The average Bonchev–Trinajstić information content (AvgIpc) is 2.95. The molecule has 0 saturated carbocycles. The topological polar surface area (TPSA) is 143 Å². The number of amides is 2. The molecule has 12 nitrogen and oxygen atoms in total. The molecule has 12 heteroatoms. The molecule has 1 aliphatic heterocycles. The predicted molar refractivity (Wildman–Crippen MR) is 143 cm³/mol. The summed E-state index contributed by atoms with van der Waals surface area (Å²) >= 11 is 0. The first-order valence-electron chi connectivity index (χ1n) is 13.1. The molecule has 0 aliphatic carbocycles. The van der Waals surface area contributed by atoms with Crippen molar-refractivity contribution in [3.8, 4) is 11.4 Å². The lowest BCUT2D eigenvalue weighted by atomic mass is 10.1. The zero-order chi connectivity index (χ0) is 28.2. The van der Waals surface area contributed by atoms with Gasteiger partial charge in [0.1, 0.15) is 11.7 Å². The zero-order valence-electron chi connectivity index (χ0n) is 22.6. The molecule has 2 heterocycles. The number of esters is 2. The van der Waals surface area contributed by atoms with Crippen LogP contribution in [0.5, 0.6) is 0 Å². The minimum atomic E-state index is -1.27. The first-order valence-corrected chi connectivity index (χ1v) is 13.1. The van der Waals surface area contributed by atoms with Gasteiger partial charge in [-0.15, -0.1) is 0 Å². The van der Waals surface area contributed by atoms with Gasteiger partial charge in [0.25, 0.3) is 5.91 Å². The largest absolute Gasteiger partial charge is 0.466 e. The smallest absolute Gasteiger partial charge is 0.417 e. The highest BCUT2D eigenvalue weighted by atomic mass is 16.6. The number of piperazine rings is 1. The Morgan fingerprint density at radius 3 is 2.49 bits per heavy atom. The Kier molecular flexibility index (Phi) is 11.3. The van der Waals surface area contributed by atoms with E-state index in [0.29, 0.717) is 44.2 Å². The van der Waals surface area contributed by atoms with Crippen LogP contribution < -0.4 is 10.6 Å². The molecule has 0 spiro atoms. The van der Waals surface area contributed by atoms with Crippen LogP contribution in [0.4, 0.5) is 4.79 Å². The molecule has 1 aromatic carbocycles. The summed E-state index contributed by atoms with van der Waals surface area (Å²) < 4.78 is 10.0. The molecule has 1 saturated heterocycles. The first-order chi connectivity index (χ1) is 18.8. The molecule has 1 atom stereocenters. The Morgan fingerprint density at radius 1 is 1.10 bits per heavy atom. The van der Waals surface area contributed by atoms with Crippen LogP contribution in [0.3, 0.4) is 0 Å². The van der Waals surface area contributed by atoms with E-state index in [-0.39, 0.29) is 25.1 Å². The van der Waals surface area contributed by atoms with E-state index < -0.39 is 30.0 Å². The summed E-state index contributed by atoms with van der Waals surface area (Å²) in [6.45, 7) is 7.06. The summed E-state index contributed by atoms with van der Waals surface area (Å²) in [4.78, 5) is 63.3. The van der Waals surface area contributed by atoms with Crippen molar-refractivity contribution in [2.24, 2.45) is 0 Å². The van der Waals surface area contributed by atoms with E-state index in [0.717, 1.165) is 12.1 Å². The molecule has 1 unspecified atom stereocenters. The molecule has 39 heavy (non-hydrogen) atoms. The van der Waals surface area contributed by atoms with Gasteiger partial charge < -0.3 is 29.9 Å². The fourth-order valence-electron chi connectivity index (χ4n) is 3.85. The van der Waals surface area contributed by atoms with Crippen LogP contribution in [0.1, 0.15) is 42.9 Å². The molecular weight excluding hydrogens is 504 g/mol. The Labute approximate surface area is 228 Å². The normalized spacial score (nSPS) is 14.0. The van der Waals surface area contributed by atoms with Crippen molar-refractivity contribution in [2.45, 2.75) is 39.3 Å². The maximum atomic E-state index is 13.4. The number of carbonyl (C=O) groups excluding carboxylic acids is 4. The van der Waals surface area contributed by atoms with Crippen molar-refractivity contribution in [3.05, 3.63) is 47.8 Å². The number of nitrogens with zero attached hydrogens (tertiary/aromatic N) is 4. The maximum absolute atomic E-state index is 13.4. The van der Waals surface area contributed by atoms with Crippen molar-refractivity contribution < 1.29 is 28.7 Å². The van der Waals surface area contributed by atoms with Crippen molar-refractivity contribution in [1.82, 2.24) is 30.4 Å². The lowest BCUT2D eigenvalue weighted by Gasteiger charge is -2.26. The third-order valence-corrected chi connectivity index (χ3v) is 6.11. The van der Waals surface area contributed by atoms with E-state index in [4.69, 9.17) is 9.47 Å². The Balaban J connectivity index is 1.83. The van der Waals surface area contributed by atoms with E-state index in [2.05, 4.69) is 20.6 Å². The molecule has 2 N–H and O–H groups in total. The van der Waals surface area contributed by atoms with E-state index >= 15 is 0 Å². The molecule has 3 rings (SSSR count). The molecule has 1 aliphatic rings. The second-order valence-electron chi connectivity index (χ2n) is 9.06. The number of aromatic nitrogens is 2. The van der Waals surface area contributed by atoms with Gasteiger partial charge in [-0.05, 0) is 33.0 Å². The number of carbonyl (C=O) groups is 4. The fraction of sp³-hybridized carbons (Fsp3) is 0.481. The highest BCUT2D eigenvalue weighted by Crippen LogP contribution is 2.17. The number of rotatable bonds is 11. The number of benzene rings is 1. The van der Waals surface area contributed by atoms with Crippen LogP contribution in [0, 0.1) is 0 Å². The van der Waals surface area contributed by atoms with E-state index in [1.807, 2.05) is 49.2 Å². The maximum Gasteiger partial charge on any atom is 0.417 e. The standard InChI is InChI=1S/C27H36N6O6/c1-4-32(3)18-20-17-22(30-24(29-20)19-9-7-6-8-10-19)25(35)31-21(11-12-23(34)38-5-2)26(36)39-27(37)33-15-13-28-14-16-33/h6-10,17,21,28H,4-5,11-16,18H2,1-3H3,(H,31,35). The molecular formula is C27H36N6O6. The zero-order valence-corrected chi connectivity index (χ0v) is 22.6. The fourth-order valence-corrected chi connectivity index (χ4v) is 3.85. The highest BCUT2D eigenvalue weighted by molar-refractivity contribution is 5.97. The molecule has 0 bridgehead atoms. The van der Waals surface area contributed by atoms with Crippen molar-refractivity contribution >= 4 is 23.9 Å². The molecule has 1 fully saturated rings. The summed E-state index contributed by atoms with van der Waals surface area (Å²) in [6, 6.07) is 9.53. The Bertz CT molecular complexity index is 1140. The Hall–Kier alpha value is -3.90. The van der Waals surface area contributed by atoms with Gasteiger partial charge in [-0.3, -0.25) is 9.59 Å². The molecule has 0 radical (unpaired) electrons. The van der Waals surface area contributed by atoms with Gasteiger partial charge in [0.2, 0.25) is 0 Å². The summed E-state index contributed by atoms with van der Waals surface area (Å²) in [7, 11) is 1.93. The van der Waals surface area contributed by atoms with Crippen LogP contribution in [0.25, 0.3) is 11.4 Å². The van der Waals surface area contributed by atoms with E-state index in [1.54, 1.807) is 13.0 Å². The monoisotopic (exact) mass is 540 g/mol. The Morgan fingerprint density at radius 2 is 1.82 bits per heavy atom. The summed E-state index contributed by atoms with van der Waals surface area (Å²) in [5.41, 5.74) is 1.40. The van der Waals surface area contributed by atoms with Gasteiger partial charge in [0.05, 0.1) is 12.3 Å². The third kappa shape index (κ3) is 9.11. The van der Waals surface area contributed by atoms with E-state index in [9.17, 15) is 19.2 Å². The quantitative estimate of drug-likeness (QED) is 0.319. The van der Waals surface area contributed by atoms with Gasteiger partial charge in [-0.2, -0.15) is 0 Å².